The number of hydrogen-bond donors (Lipinski definition) is 2. The first kappa shape index (κ1) is 9.73. The Hall–Kier alpha value is -1.81. The largest absolute Gasteiger partial charge is 0.399 e. The van der Waals surface area contributed by atoms with Gasteiger partial charge in [0.15, 0.2) is 0 Å². The van der Waals surface area contributed by atoms with Crippen molar-refractivity contribution >= 4 is 5.69 Å². The van der Waals surface area contributed by atoms with Crippen molar-refractivity contribution in [3.63, 3.8) is 0 Å². The van der Waals surface area contributed by atoms with Gasteiger partial charge in [-0.2, -0.15) is 5.10 Å². The number of rotatable bonds is 2. The SMILES string of the molecule is Cc1cnn(-c2ccc(N)cc2CN)c1. The minimum Gasteiger partial charge on any atom is -0.399 e. The first-order valence-electron chi connectivity index (χ1n) is 4.81. The molecule has 2 aromatic rings. The molecule has 4 nitrogen and oxygen atoms in total. The van der Waals surface area contributed by atoms with Crippen LogP contribution in [0.1, 0.15) is 11.1 Å². The summed E-state index contributed by atoms with van der Waals surface area (Å²) in [6.07, 6.45) is 3.78. The topological polar surface area (TPSA) is 69.9 Å². The lowest BCUT2D eigenvalue weighted by Crippen LogP contribution is -2.05. The summed E-state index contributed by atoms with van der Waals surface area (Å²) in [5, 5.41) is 4.24. The quantitative estimate of drug-likeness (QED) is 0.719. The fourth-order valence-corrected chi connectivity index (χ4v) is 1.54. The van der Waals surface area contributed by atoms with Gasteiger partial charge in [-0.3, -0.25) is 0 Å². The third kappa shape index (κ3) is 1.85. The lowest BCUT2D eigenvalue weighted by atomic mass is 10.1. The first-order valence-corrected chi connectivity index (χ1v) is 4.81. The molecule has 4 N–H and O–H groups in total. The zero-order chi connectivity index (χ0) is 10.8. The highest BCUT2D eigenvalue weighted by molar-refractivity contribution is 5.51. The predicted octanol–water partition coefficient (Wildman–Crippen LogP) is 1.22. The lowest BCUT2D eigenvalue weighted by molar-refractivity contribution is 0.859. The highest BCUT2D eigenvalue weighted by atomic mass is 15.3. The second-order valence-electron chi connectivity index (χ2n) is 3.55. The van der Waals surface area contributed by atoms with E-state index in [0.717, 1.165) is 22.5 Å². The maximum Gasteiger partial charge on any atom is 0.0692 e. The molecule has 0 atom stereocenters. The Labute approximate surface area is 88.5 Å². The zero-order valence-electron chi connectivity index (χ0n) is 8.64. The van der Waals surface area contributed by atoms with E-state index in [-0.39, 0.29) is 0 Å². The van der Waals surface area contributed by atoms with Crippen LogP contribution in [0.2, 0.25) is 0 Å². The molecule has 0 aliphatic heterocycles. The minimum atomic E-state index is 0.458. The number of aromatic nitrogens is 2. The molecule has 1 heterocycles. The van der Waals surface area contributed by atoms with Crippen molar-refractivity contribution in [2.24, 2.45) is 5.73 Å². The number of nitrogens with two attached hydrogens (primary N) is 2. The number of benzene rings is 1. The molecule has 0 unspecified atom stereocenters. The van der Waals surface area contributed by atoms with Crippen LogP contribution in [0.25, 0.3) is 5.69 Å². The maximum absolute atomic E-state index is 5.70. The van der Waals surface area contributed by atoms with Crippen molar-refractivity contribution in [3.8, 4) is 5.69 Å². The van der Waals surface area contributed by atoms with Crippen LogP contribution in [0.5, 0.6) is 0 Å². The van der Waals surface area contributed by atoms with E-state index >= 15 is 0 Å². The van der Waals surface area contributed by atoms with Gasteiger partial charge < -0.3 is 11.5 Å². The number of nitrogen functional groups attached to an aromatic ring is 1. The van der Waals surface area contributed by atoms with Crippen LogP contribution in [-0.2, 0) is 6.54 Å². The highest BCUT2D eigenvalue weighted by Crippen LogP contribution is 2.17. The van der Waals surface area contributed by atoms with Gasteiger partial charge in [0.2, 0.25) is 0 Å². The summed E-state index contributed by atoms with van der Waals surface area (Å²) >= 11 is 0. The molecule has 4 heteroatoms. The summed E-state index contributed by atoms with van der Waals surface area (Å²) in [5.74, 6) is 0. The van der Waals surface area contributed by atoms with Crippen LogP contribution in [0.15, 0.2) is 30.6 Å². The Kier molecular flexibility index (Phi) is 2.43. The van der Waals surface area contributed by atoms with E-state index in [0.29, 0.717) is 6.54 Å². The van der Waals surface area contributed by atoms with Crippen molar-refractivity contribution in [1.29, 1.82) is 0 Å². The average molecular weight is 202 g/mol. The monoisotopic (exact) mass is 202 g/mol. The maximum atomic E-state index is 5.70. The molecule has 15 heavy (non-hydrogen) atoms. The van der Waals surface area contributed by atoms with Gasteiger partial charge >= 0.3 is 0 Å². The van der Waals surface area contributed by atoms with Gasteiger partial charge in [0.25, 0.3) is 0 Å². The van der Waals surface area contributed by atoms with Gasteiger partial charge in [-0.25, -0.2) is 4.68 Å². The molecule has 1 aromatic carbocycles. The van der Waals surface area contributed by atoms with Crippen molar-refractivity contribution in [2.45, 2.75) is 13.5 Å². The minimum absolute atomic E-state index is 0.458. The van der Waals surface area contributed by atoms with E-state index in [1.54, 1.807) is 0 Å². The molecule has 78 valence electrons. The smallest absolute Gasteiger partial charge is 0.0692 e. The molecule has 0 fully saturated rings. The van der Waals surface area contributed by atoms with E-state index in [1.165, 1.54) is 0 Å². The Bertz CT molecular complexity index is 473. The number of hydrogen-bond acceptors (Lipinski definition) is 3. The average Bonchev–Trinajstić information content (AvgIpc) is 2.64. The van der Waals surface area contributed by atoms with E-state index in [9.17, 15) is 0 Å². The van der Waals surface area contributed by atoms with E-state index in [4.69, 9.17) is 11.5 Å². The summed E-state index contributed by atoms with van der Waals surface area (Å²) < 4.78 is 1.82. The number of aryl methyl sites for hydroxylation is 1. The molecule has 0 saturated carbocycles. The molecule has 0 saturated heterocycles. The van der Waals surface area contributed by atoms with Gasteiger partial charge in [-0.1, -0.05) is 0 Å². The van der Waals surface area contributed by atoms with Crippen molar-refractivity contribution in [1.82, 2.24) is 9.78 Å². The molecule has 2 rings (SSSR count). The first-order chi connectivity index (χ1) is 7.20. The Morgan fingerprint density at radius 2 is 2.20 bits per heavy atom. The molecule has 1 aromatic heterocycles. The van der Waals surface area contributed by atoms with E-state index in [1.807, 2.05) is 42.2 Å². The fraction of sp³-hybridized carbons (Fsp3) is 0.182. The molecule has 0 amide bonds. The number of anilines is 1. The Morgan fingerprint density at radius 1 is 1.40 bits per heavy atom. The van der Waals surface area contributed by atoms with Gasteiger partial charge in [-0.15, -0.1) is 0 Å². The van der Waals surface area contributed by atoms with E-state index < -0.39 is 0 Å². The predicted molar refractivity (Wildman–Crippen MR) is 60.6 cm³/mol. The Morgan fingerprint density at radius 3 is 2.80 bits per heavy atom. The summed E-state index contributed by atoms with van der Waals surface area (Å²) in [6.45, 7) is 2.46. The summed E-state index contributed by atoms with van der Waals surface area (Å²) in [5.41, 5.74) is 15.2. The van der Waals surface area contributed by atoms with Crippen molar-refractivity contribution < 1.29 is 0 Å². The van der Waals surface area contributed by atoms with Gasteiger partial charge in [0.05, 0.1) is 11.9 Å². The van der Waals surface area contributed by atoms with Gasteiger partial charge in [-0.05, 0) is 36.2 Å². The third-order valence-electron chi connectivity index (χ3n) is 2.28. The van der Waals surface area contributed by atoms with Crippen LogP contribution in [0, 0.1) is 6.92 Å². The zero-order valence-corrected chi connectivity index (χ0v) is 8.64. The summed E-state index contributed by atoms with van der Waals surface area (Å²) in [4.78, 5) is 0. The molecule has 0 radical (unpaired) electrons. The molecular weight excluding hydrogens is 188 g/mol. The lowest BCUT2D eigenvalue weighted by Gasteiger charge is -2.08. The standard InChI is InChI=1S/C11H14N4/c1-8-6-14-15(7-8)11-3-2-10(13)4-9(11)5-12/h2-4,6-7H,5,12-13H2,1H3. The van der Waals surface area contributed by atoms with Crippen LogP contribution in [0.4, 0.5) is 5.69 Å². The molecule has 0 aliphatic carbocycles. The molecule has 0 aliphatic rings. The van der Waals surface area contributed by atoms with E-state index in [2.05, 4.69) is 5.10 Å². The van der Waals surface area contributed by atoms with Crippen LogP contribution >= 0.6 is 0 Å². The molecular formula is C11H14N4. The second-order valence-corrected chi connectivity index (χ2v) is 3.55. The van der Waals surface area contributed by atoms with Crippen molar-refractivity contribution in [3.05, 3.63) is 41.7 Å². The van der Waals surface area contributed by atoms with Crippen LogP contribution < -0.4 is 11.5 Å². The molecule has 0 spiro atoms. The van der Waals surface area contributed by atoms with Crippen LogP contribution in [0.3, 0.4) is 0 Å². The highest BCUT2D eigenvalue weighted by Gasteiger charge is 2.04. The summed E-state index contributed by atoms with van der Waals surface area (Å²) in [6, 6.07) is 5.67. The third-order valence-corrected chi connectivity index (χ3v) is 2.28. The van der Waals surface area contributed by atoms with Crippen LogP contribution in [-0.4, -0.2) is 9.78 Å². The fourth-order valence-electron chi connectivity index (χ4n) is 1.54. The number of nitrogens with zero attached hydrogens (tertiary/aromatic N) is 2. The van der Waals surface area contributed by atoms with Gasteiger partial charge in [0, 0.05) is 18.4 Å². The second kappa shape index (κ2) is 3.74. The Balaban J connectivity index is 2.52. The summed E-state index contributed by atoms with van der Waals surface area (Å²) in [7, 11) is 0. The van der Waals surface area contributed by atoms with Crippen molar-refractivity contribution in [2.75, 3.05) is 5.73 Å². The van der Waals surface area contributed by atoms with Gasteiger partial charge in [0.1, 0.15) is 0 Å². The molecule has 0 bridgehead atoms. The normalized spacial score (nSPS) is 10.5.